The molecule has 0 aromatic carbocycles. The molecule has 0 bridgehead atoms. The van der Waals surface area contributed by atoms with E-state index < -0.39 is 51.8 Å². The summed E-state index contributed by atoms with van der Waals surface area (Å²) < 4.78 is 32.6. The van der Waals surface area contributed by atoms with Crippen molar-refractivity contribution in [2.24, 2.45) is 0 Å². The standard InChI is InChI=1S/C42H79O10P/c1-3-5-7-9-11-13-15-17-19-21-23-25-27-29-31-33-41(45)49-37-40(38-51-53(47,48)50-36-39(44)35-43)52-42(46)34-32-30-28-26-24-22-20-18-16-14-12-10-8-6-4-2/h3,28,30,39-40,43-44H,1,4-27,29,31-38H2,2H3,(H,47,48)/b30-28+/t39-,40+/m0/s1. The number of carbonyl (C=O) groups excluding carboxylic acids is 2. The normalized spacial score (nSPS) is 13.9. The summed E-state index contributed by atoms with van der Waals surface area (Å²) in [5.74, 6) is -0.979. The van der Waals surface area contributed by atoms with E-state index in [1.54, 1.807) is 0 Å². The van der Waals surface area contributed by atoms with Crippen LogP contribution in [-0.2, 0) is 32.7 Å². The molecule has 10 nitrogen and oxygen atoms in total. The fourth-order valence-electron chi connectivity index (χ4n) is 5.93. The zero-order chi connectivity index (χ0) is 39.1. The number of rotatable bonds is 41. The predicted molar refractivity (Wildman–Crippen MR) is 215 cm³/mol. The molecule has 0 rings (SSSR count). The van der Waals surface area contributed by atoms with Crippen molar-refractivity contribution >= 4 is 19.8 Å². The molecule has 0 spiro atoms. The van der Waals surface area contributed by atoms with E-state index in [0.29, 0.717) is 12.8 Å². The van der Waals surface area contributed by atoms with Crippen molar-refractivity contribution in [3.05, 3.63) is 24.8 Å². The van der Waals surface area contributed by atoms with Crippen molar-refractivity contribution in [2.45, 2.75) is 205 Å². The Balaban J connectivity index is 4.31. The SMILES string of the molecule is C=CCCCCCCCCCCCCCCCC(=O)OC[C@H](COP(=O)(O)OC[C@@H](O)CO)OC(=O)CC/C=C/CCCCCCCCCCCCC. The monoisotopic (exact) mass is 775 g/mol. The number of aliphatic hydroxyl groups is 2. The molecule has 0 saturated heterocycles. The molecular formula is C42H79O10P. The highest BCUT2D eigenvalue weighted by molar-refractivity contribution is 7.47. The van der Waals surface area contributed by atoms with Gasteiger partial charge in [-0.15, -0.1) is 6.58 Å². The Kier molecular flexibility index (Phi) is 37.6. The Hall–Kier alpha value is -1.55. The van der Waals surface area contributed by atoms with Gasteiger partial charge in [0.1, 0.15) is 12.7 Å². The first-order valence-corrected chi connectivity index (χ1v) is 22.7. The van der Waals surface area contributed by atoms with E-state index in [1.807, 2.05) is 12.2 Å². The van der Waals surface area contributed by atoms with Gasteiger partial charge in [-0.1, -0.05) is 160 Å². The van der Waals surface area contributed by atoms with Gasteiger partial charge in [0.2, 0.25) is 0 Å². The first-order chi connectivity index (χ1) is 25.7. The maximum absolute atomic E-state index is 12.6. The predicted octanol–water partition coefficient (Wildman–Crippen LogP) is 11.0. The van der Waals surface area contributed by atoms with Crippen LogP contribution in [0, 0.1) is 0 Å². The topological polar surface area (TPSA) is 149 Å². The number of ether oxygens (including phenoxy) is 2. The van der Waals surface area contributed by atoms with Crippen LogP contribution >= 0.6 is 7.82 Å². The van der Waals surface area contributed by atoms with Gasteiger partial charge in [0.15, 0.2) is 6.10 Å². The highest BCUT2D eigenvalue weighted by atomic mass is 31.2. The van der Waals surface area contributed by atoms with E-state index in [9.17, 15) is 24.2 Å². The van der Waals surface area contributed by atoms with Crippen LogP contribution < -0.4 is 0 Å². The third kappa shape index (κ3) is 38.5. The number of hydrogen-bond donors (Lipinski definition) is 3. The second kappa shape index (κ2) is 38.7. The lowest BCUT2D eigenvalue weighted by atomic mass is 10.0. The maximum Gasteiger partial charge on any atom is 0.472 e. The van der Waals surface area contributed by atoms with Crippen LogP contribution in [0.1, 0.15) is 193 Å². The smallest absolute Gasteiger partial charge is 0.462 e. The summed E-state index contributed by atoms with van der Waals surface area (Å²) in [5.41, 5.74) is 0. The Morgan fingerprint density at radius 3 is 1.57 bits per heavy atom. The molecule has 0 aromatic rings. The van der Waals surface area contributed by atoms with Gasteiger partial charge in [0.05, 0.1) is 19.8 Å². The number of phosphoric ester groups is 1. The van der Waals surface area contributed by atoms with E-state index in [-0.39, 0.29) is 19.4 Å². The Bertz CT molecular complexity index is 928. The summed E-state index contributed by atoms with van der Waals surface area (Å²) in [6.07, 6.45) is 36.2. The summed E-state index contributed by atoms with van der Waals surface area (Å²) in [6, 6.07) is 0. The van der Waals surface area contributed by atoms with Crippen LogP contribution in [0.15, 0.2) is 24.8 Å². The molecule has 312 valence electrons. The van der Waals surface area contributed by atoms with E-state index in [1.165, 1.54) is 122 Å². The van der Waals surface area contributed by atoms with E-state index in [0.717, 1.165) is 38.5 Å². The highest BCUT2D eigenvalue weighted by Gasteiger charge is 2.27. The first kappa shape index (κ1) is 51.5. The van der Waals surface area contributed by atoms with E-state index in [4.69, 9.17) is 19.1 Å². The number of unbranched alkanes of at least 4 members (excludes halogenated alkanes) is 24. The Morgan fingerprint density at radius 2 is 1.06 bits per heavy atom. The van der Waals surface area contributed by atoms with Crippen molar-refractivity contribution in [3.8, 4) is 0 Å². The first-order valence-electron chi connectivity index (χ1n) is 21.3. The molecule has 53 heavy (non-hydrogen) atoms. The molecule has 1 unspecified atom stereocenters. The second-order valence-electron chi connectivity index (χ2n) is 14.4. The van der Waals surface area contributed by atoms with Gasteiger partial charge in [-0.3, -0.25) is 18.6 Å². The lowest BCUT2D eigenvalue weighted by Gasteiger charge is -2.20. The van der Waals surface area contributed by atoms with Gasteiger partial charge in [-0.25, -0.2) is 4.57 Å². The van der Waals surface area contributed by atoms with Crippen LogP contribution in [0.2, 0.25) is 0 Å². The number of hydrogen-bond acceptors (Lipinski definition) is 9. The maximum atomic E-state index is 12.6. The molecule has 0 aromatic heterocycles. The highest BCUT2D eigenvalue weighted by Crippen LogP contribution is 2.43. The molecule has 3 atom stereocenters. The molecule has 0 aliphatic rings. The largest absolute Gasteiger partial charge is 0.472 e. The number of esters is 2. The fraction of sp³-hybridized carbons (Fsp3) is 0.857. The van der Waals surface area contributed by atoms with Gasteiger partial charge in [0, 0.05) is 12.8 Å². The van der Waals surface area contributed by atoms with Gasteiger partial charge in [-0.05, 0) is 38.5 Å². The summed E-state index contributed by atoms with van der Waals surface area (Å²) in [4.78, 5) is 34.9. The third-order valence-electron chi connectivity index (χ3n) is 9.24. The molecule has 0 heterocycles. The van der Waals surface area contributed by atoms with Gasteiger partial charge in [0.25, 0.3) is 0 Å². The molecular weight excluding hydrogens is 695 g/mol. The Labute approximate surface area is 323 Å². The van der Waals surface area contributed by atoms with Crippen LogP contribution in [0.5, 0.6) is 0 Å². The van der Waals surface area contributed by atoms with E-state index >= 15 is 0 Å². The number of aliphatic hydroxyl groups excluding tert-OH is 2. The van der Waals surface area contributed by atoms with E-state index in [2.05, 4.69) is 24.1 Å². The zero-order valence-corrected chi connectivity index (χ0v) is 34.5. The molecule has 0 aliphatic carbocycles. The van der Waals surface area contributed by atoms with Crippen LogP contribution in [0.25, 0.3) is 0 Å². The average Bonchev–Trinajstić information content (AvgIpc) is 3.14. The van der Waals surface area contributed by atoms with Crippen LogP contribution in [-0.4, -0.2) is 65.7 Å². The average molecular weight is 775 g/mol. The van der Waals surface area contributed by atoms with Crippen LogP contribution in [0.4, 0.5) is 0 Å². The van der Waals surface area contributed by atoms with Crippen LogP contribution in [0.3, 0.4) is 0 Å². The van der Waals surface area contributed by atoms with Crippen molar-refractivity contribution < 1.29 is 47.8 Å². The summed E-state index contributed by atoms with van der Waals surface area (Å²) >= 11 is 0. The summed E-state index contributed by atoms with van der Waals surface area (Å²) in [6.45, 7) is 3.87. The number of phosphoric acid groups is 1. The fourth-order valence-corrected chi connectivity index (χ4v) is 6.72. The minimum atomic E-state index is -4.62. The molecule has 0 saturated carbocycles. The number of allylic oxidation sites excluding steroid dienone is 3. The minimum absolute atomic E-state index is 0.103. The molecule has 0 amide bonds. The third-order valence-corrected chi connectivity index (χ3v) is 10.2. The molecule has 0 radical (unpaired) electrons. The van der Waals surface area contributed by atoms with Crippen molar-refractivity contribution in [1.82, 2.24) is 0 Å². The van der Waals surface area contributed by atoms with Crippen molar-refractivity contribution in [1.29, 1.82) is 0 Å². The summed E-state index contributed by atoms with van der Waals surface area (Å²) in [7, 11) is -4.62. The lowest BCUT2D eigenvalue weighted by molar-refractivity contribution is -0.161. The molecule has 0 aliphatic heterocycles. The number of carbonyl (C=O) groups is 2. The van der Waals surface area contributed by atoms with Crippen molar-refractivity contribution in [2.75, 3.05) is 26.4 Å². The molecule has 11 heteroatoms. The minimum Gasteiger partial charge on any atom is -0.462 e. The summed E-state index contributed by atoms with van der Waals surface area (Å²) in [5, 5.41) is 18.3. The molecule has 3 N–H and O–H groups in total. The van der Waals surface area contributed by atoms with Gasteiger partial charge < -0.3 is 24.6 Å². The zero-order valence-electron chi connectivity index (χ0n) is 33.6. The van der Waals surface area contributed by atoms with Gasteiger partial charge in [-0.2, -0.15) is 0 Å². The van der Waals surface area contributed by atoms with Gasteiger partial charge >= 0.3 is 19.8 Å². The second-order valence-corrected chi connectivity index (χ2v) is 15.9. The van der Waals surface area contributed by atoms with Crippen molar-refractivity contribution in [3.63, 3.8) is 0 Å². The molecule has 0 fully saturated rings. The Morgan fingerprint density at radius 1 is 0.604 bits per heavy atom. The quantitative estimate of drug-likeness (QED) is 0.0237. The lowest BCUT2D eigenvalue weighted by Crippen LogP contribution is -2.29.